The lowest BCUT2D eigenvalue weighted by molar-refractivity contribution is -0.000388. The number of amides is 1. The molecule has 2 saturated heterocycles. The minimum absolute atomic E-state index is 0.0139. The molecule has 6 nitrogen and oxygen atoms in total. The van der Waals surface area contributed by atoms with Crippen molar-refractivity contribution >= 4 is 22.7 Å². The van der Waals surface area contributed by atoms with Gasteiger partial charge >= 0.3 is 6.09 Å². The Hall–Kier alpha value is -2.34. The number of fused-ring (bicyclic) bond motifs is 2. The van der Waals surface area contributed by atoms with Crippen molar-refractivity contribution < 1.29 is 14.3 Å². The van der Waals surface area contributed by atoms with Gasteiger partial charge in [-0.15, -0.1) is 0 Å². The van der Waals surface area contributed by atoms with Gasteiger partial charge in [-0.25, -0.2) is 4.79 Å². The van der Waals surface area contributed by atoms with Gasteiger partial charge in [-0.1, -0.05) is 32.6 Å². The molecule has 0 aliphatic carbocycles. The molecule has 4 rings (SSSR count). The van der Waals surface area contributed by atoms with Gasteiger partial charge < -0.3 is 9.47 Å². The van der Waals surface area contributed by atoms with Gasteiger partial charge in [0.15, 0.2) is 0 Å². The SMILES string of the molecule is CCCCCCC1CCC2CC(OC(=O)Nc3ccnc4ccc(OC)cc34)CCN2C1. The molecular formula is C26H37N3O3. The van der Waals surface area contributed by atoms with Crippen molar-refractivity contribution in [2.75, 3.05) is 25.5 Å². The van der Waals surface area contributed by atoms with E-state index in [2.05, 4.69) is 22.1 Å². The summed E-state index contributed by atoms with van der Waals surface area (Å²) in [4.78, 5) is 19.7. The quantitative estimate of drug-likeness (QED) is 0.511. The molecular weight excluding hydrogens is 402 g/mol. The first-order valence-electron chi connectivity index (χ1n) is 12.3. The van der Waals surface area contributed by atoms with E-state index < -0.39 is 0 Å². The van der Waals surface area contributed by atoms with Crippen LogP contribution in [0, 0.1) is 5.92 Å². The molecule has 0 saturated carbocycles. The third kappa shape index (κ3) is 5.71. The summed E-state index contributed by atoms with van der Waals surface area (Å²) in [6.07, 6.45) is 12.5. The maximum Gasteiger partial charge on any atom is 0.411 e. The molecule has 3 unspecified atom stereocenters. The van der Waals surface area contributed by atoms with Crippen molar-refractivity contribution in [2.45, 2.75) is 76.9 Å². The van der Waals surface area contributed by atoms with Crippen LogP contribution in [0.3, 0.4) is 0 Å². The van der Waals surface area contributed by atoms with E-state index in [4.69, 9.17) is 9.47 Å². The van der Waals surface area contributed by atoms with E-state index in [-0.39, 0.29) is 12.2 Å². The Morgan fingerprint density at radius 2 is 2.09 bits per heavy atom. The van der Waals surface area contributed by atoms with E-state index in [0.717, 1.165) is 42.0 Å². The van der Waals surface area contributed by atoms with Crippen LogP contribution in [0.25, 0.3) is 10.9 Å². The smallest absolute Gasteiger partial charge is 0.411 e. The highest BCUT2D eigenvalue weighted by atomic mass is 16.6. The zero-order valence-corrected chi connectivity index (χ0v) is 19.5. The molecule has 6 heteroatoms. The predicted octanol–water partition coefficient (Wildman–Crippen LogP) is 6.01. The van der Waals surface area contributed by atoms with E-state index in [1.165, 1.54) is 51.5 Å². The van der Waals surface area contributed by atoms with Crippen LogP contribution in [0.5, 0.6) is 5.75 Å². The monoisotopic (exact) mass is 439 g/mol. The maximum absolute atomic E-state index is 12.7. The van der Waals surface area contributed by atoms with Crippen LogP contribution < -0.4 is 10.1 Å². The van der Waals surface area contributed by atoms with Crippen molar-refractivity contribution in [3.63, 3.8) is 0 Å². The molecule has 2 aliphatic rings. The van der Waals surface area contributed by atoms with Gasteiger partial charge in [0.2, 0.25) is 0 Å². The summed E-state index contributed by atoms with van der Waals surface area (Å²) in [5, 5.41) is 3.77. The summed E-state index contributed by atoms with van der Waals surface area (Å²) in [5.74, 6) is 1.58. The second kappa shape index (κ2) is 11.0. The van der Waals surface area contributed by atoms with Crippen molar-refractivity contribution in [1.82, 2.24) is 9.88 Å². The van der Waals surface area contributed by atoms with Gasteiger partial charge in [-0.3, -0.25) is 15.2 Å². The number of pyridine rings is 1. The van der Waals surface area contributed by atoms with E-state index in [1.807, 2.05) is 18.2 Å². The van der Waals surface area contributed by atoms with Crippen LogP contribution in [0.15, 0.2) is 30.5 Å². The Kier molecular flexibility index (Phi) is 7.85. The molecule has 174 valence electrons. The first kappa shape index (κ1) is 22.8. The number of carbonyl (C=O) groups is 1. The van der Waals surface area contributed by atoms with Crippen molar-refractivity contribution in [1.29, 1.82) is 0 Å². The Morgan fingerprint density at radius 3 is 2.94 bits per heavy atom. The van der Waals surface area contributed by atoms with E-state index in [1.54, 1.807) is 19.4 Å². The van der Waals surface area contributed by atoms with Crippen molar-refractivity contribution in [3.05, 3.63) is 30.5 Å². The van der Waals surface area contributed by atoms with Gasteiger partial charge in [-0.2, -0.15) is 0 Å². The molecule has 1 aromatic heterocycles. The zero-order valence-electron chi connectivity index (χ0n) is 19.5. The summed E-state index contributed by atoms with van der Waals surface area (Å²) in [6, 6.07) is 8.00. The molecule has 0 spiro atoms. The average Bonchev–Trinajstić information content (AvgIpc) is 2.81. The van der Waals surface area contributed by atoms with Crippen LogP contribution >= 0.6 is 0 Å². The van der Waals surface area contributed by atoms with Gasteiger partial charge in [0.25, 0.3) is 0 Å². The van der Waals surface area contributed by atoms with Crippen LogP contribution in [0.1, 0.15) is 64.7 Å². The fraction of sp³-hybridized carbons (Fsp3) is 0.615. The van der Waals surface area contributed by atoms with E-state index >= 15 is 0 Å². The number of carbonyl (C=O) groups excluding carboxylic acids is 1. The molecule has 3 heterocycles. The predicted molar refractivity (Wildman–Crippen MR) is 128 cm³/mol. The molecule has 0 radical (unpaired) electrons. The molecule has 1 aromatic carbocycles. The minimum Gasteiger partial charge on any atom is -0.497 e. The normalized spacial score (nSPS) is 23.5. The number of ether oxygens (including phenoxy) is 2. The zero-order chi connectivity index (χ0) is 22.3. The molecule has 2 aliphatic heterocycles. The molecule has 2 fully saturated rings. The Bertz CT molecular complexity index is 903. The second-order valence-electron chi connectivity index (χ2n) is 9.36. The highest BCUT2D eigenvalue weighted by molar-refractivity contribution is 5.99. The van der Waals surface area contributed by atoms with E-state index in [0.29, 0.717) is 11.7 Å². The third-order valence-electron chi connectivity index (χ3n) is 7.12. The van der Waals surface area contributed by atoms with Crippen molar-refractivity contribution in [3.8, 4) is 5.75 Å². The first-order chi connectivity index (χ1) is 15.7. The molecule has 1 amide bonds. The lowest BCUT2D eigenvalue weighted by Crippen LogP contribution is -2.50. The number of methoxy groups -OCH3 is 1. The highest BCUT2D eigenvalue weighted by Crippen LogP contribution is 2.33. The standard InChI is InChI=1S/C26H37N3O3/c1-3-4-5-6-7-19-8-9-20-16-22(13-15-29(20)18-19)32-26(30)28-25-12-14-27-24-11-10-21(31-2)17-23(24)25/h10-12,14,17,19-20,22H,3-9,13,15-16,18H2,1-2H3,(H,27,28,30). The third-order valence-corrected chi connectivity index (χ3v) is 7.12. The lowest BCUT2D eigenvalue weighted by atomic mass is 9.84. The fourth-order valence-corrected chi connectivity index (χ4v) is 5.31. The number of nitrogens with zero attached hydrogens (tertiary/aromatic N) is 2. The lowest BCUT2D eigenvalue weighted by Gasteiger charge is -2.44. The van der Waals surface area contributed by atoms with Gasteiger partial charge in [0.1, 0.15) is 11.9 Å². The molecule has 1 N–H and O–H groups in total. The number of nitrogens with one attached hydrogen (secondary N) is 1. The summed E-state index contributed by atoms with van der Waals surface area (Å²) in [5.41, 5.74) is 1.50. The average molecular weight is 440 g/mol. The van der Waals surface area contributed by atoms with Crippen LogP contribution in [-0.2, 0) is 4.74 Å². The number of anilines is 1. The molecule has 32 heavy (non-hydrogen) atoms. The minimum atomic E-state index is -0.386. The Balaban J connectivity index is 1.28. The Labute approximate surface area is 191 Å². The van der Waals surface area contributed by atoms with Crippen LogP contribution in [0.4, 0.5) is 10.5 Å². The number of aromatic nitrogens is 1. The van der Waals surface area contributed by atoms with E-state index in [9.17, 15) is 4.79 Å². The van der Waals surface area contributed by atoms with Gasteiger partial charge in [0.05, 0.1) is 18.3 Å². The molecule has 0 bridgehead atoms. The summed E-state index contributed by atoms with van der Waals surface area (Å²) < 4.78 is 11.2. The number of hydrogen-bond donors (Lipinski definition) is 1. The summed E-state index contributed by atoms with van der Waals surface area (Å²) >= 11 is 0. The largest absolute Gasteiger partial charge is 0.497 e. The number of benzene rings is 1. The maximum atomic E-state index is 12.7. The fourth-order valence-electron chi connectivity index (χ4n) is 5.31. The van der Waals surface area contributed by atoms with Gasteiger partial charge in [0, 0.05) is 37.1 Å². The molecule has 3 atom stereocenters. The number of hydrogen-bond acceptors (Lipinski definition) is 5. The number of rotatable bonds is 8. The summed E-state index contributed by atoms with van der Waals surface area (Å²) in [6.45, 7) is 4.53. The number of piperidine rings is 2. The van der Waals surface area contributed by atoms with Crippen LogP contribution in [-0.4, -0.2) is 48.3 Å². The summed E-state index contributed by atoms with van der Waals surface area (Å²) in [7, 11) is 1.63. The molecule has 2 aromatic rings. The second-order valence-corrected chi connectivity index (χ2v) is 9.36. The topological polar surface area (TPSA) is 63.7 Å². The Morgan fingerprint density at radius 1 is 1.19 bits per heavy atom. The first-order valence-corrected chi connectivity index (χ1v) is 12.3. The van der Waals surface area contributed by atoms with Crippen LogP contribution in [0.2, 0.25) is 0 Å². The van der Waals surface area contributed by atoms with Crippen molar-refractivity contribution in [2.24, 2.45) is 5.92 Å². The van der Waals surface area contributed by atoms with Gasteiger partial charge in [-0.05, 0) is 55.9 Å². The number of unbranched alkanes of at least 4 members (excludes halogenated alkanes) is 3. The highest BCUT2D eigenvalue weighted by Gasteiger charge is 2.34.